The first-order valence-corrected chi connectivity index (χ1v) is 13.0. The lowest BCUT2D eigenvalue weighted by Crippen LogP contribution is -2.17. The van der Waals surface area contributed by atoms with Gasteiger partial charge in [0.1, 0.15) is 5.82 Å². The summed E-state index contributed by atoms with van der Waals surface area (Å²) >= 11 is 1.49. The Morgan fingerprint density at radius 1 is 1.17 bits per heavy atom. The Bertz CT molecular complexity index is 830. The largest absolute Gasteiger partial charge is 0.325 e. The van der Waals surface area contributed by atoms with Gasteiger partial charge in [-0.3, -0.25) is 9.55 Å². The van der Waals surface area contributed by atoms with E-state index in [0.29, 0.717) is 30.1 Å². The maximum absolute atomic E-state index is 14.3. The molecule has 0 aliphatic carbocycles. The zero-order valence-electron chi connectivity index (χ0n) is 17.7. The van der Waals surface area contributed by atoms with E-state index in [9.17, 15) is 8.96 Å². The van der Waals surface area contributed by atoms with Gasteiger partial charge < -0.3 is 15.1 Å². The summed E-state index contributed by atoms with van der Waals surface area (Å²) in [6, 6.07) is 12.0. The summed E-state index contributed by atoms with van der Waals surface area (Å²) in [6.07, 6.45) is 4.97. The van der Waals surface area contributed by atoms with Crippen molar-refractivity contribution in [3.05, 3.63) is 59.7 Å². The lowest BCUT2D eigenvalue weighted by Gasteiger charge is -2.25. The van der Waals surface area contributed by atoms with Gasteiger partial charge in [0.2, 0.25) is 0 Å². The lowest BCUT2D eigenvalue weighted by molar-refractivity contribution is 0.371. The Hall–Kier alpha value is -1.24. The van der Waals surface area contributed by atoms with Gasteiger partial charge in [-0.1, -0.05) is 50.6 Å². The minimum absolute atomic E-state index is 0.138. The highest BCUT2D eigenvalue weighted by Crippen LogP contribution is 2.34. The van der Waals surface area contributed by atoms with E-state index >= 15 is 0 Å². The van der Waals surface area contributed by atoms with Gasteiger partial charge in [0, 0.05) is 12.7 Å². The fourth-order valence-corrected chi connectivity index (χ4v) is 4.63. The third kappa shape index (κ3) is 9.27. The lowest BCUT2D eigenvalue weighted by atomic mass is 9.80. The van der Waals surface area contributed by atoms with E-state index < -0.39 is 7.60 Å². The predicted octanol–water partition coefficient (Wildman–Crippen LogP) is 5.12. The van der Waals surface area contributed by atoms with Gasteiger partial charge in [0.25, 0.3) is 0 Å². The first-order valence-electron chi connectivity index (χ1n) is 10.3. The van der Waals surface area contributed by atoms with E-state index in [1.807, 2.05) is 6.07 Å². The van der Waals surface area contributed by atoms with Crippen LogP contribution in [0.15, 0.2) is 47.5 Å². The van der Waals surface area contributed by atoms with E-state index in [1.165, 1.54) is 23.4 Å². The van der Waals surface area contributed by atoms with Crippen LogP contribution >= 0.6 is 19.4 Å². The molecule has 0 radical (unpaired) electrons. The number of hydrogen-bond donors (Lipinski definition) is 3. The van der Waals surface area contributed by atoms with Crippen molar-refractivity contribution in [3.8, 4) is 0 Å². The number of halogens is 1. The molecule has 1 aromatic carbocycles. The Balaban J connectivity index is 1.68. The van der Waals surface area contributed by atoms with Gasteiger partial charge in [-0.05, 0) is 48.6 Å². The fourth-order valence-electron chi connectivity index (χ4n) is 3.17. The molecule has 2 rings (SSSR count). The zero-order valence-corrected chi connectivity index (χ0v) is 19.4. The molecule has 8 heteroatoms. The Morgan fingerprint density at radius 3 is 2.57 bits per heavy atom. The van der Waals surface area contributed by atoms with Gasteiger partial charge in [0.15, 0.2) is 0 Å². The van der Waals surface area contributed by atoms with Gasteiger partial charge >= 0.3 is 7.60 Å². The van der Waals surface area contributed by atoms with Gasteiger partial charge in [-0.2, -0.15) is 0 Å². The molecule has 0 fully saturated rings. The highest BCUT2D eigenvalue weighted by atomic mass is 32.2. The number of nitrogens with one attached hydrogen (secondary N) is 1. The van der Waals surface area contributed by atoms with Crippen LogP contribution in [0.2, 0.25) is 0 Å². The van der Waals surface area contributed by atoms with Gasteiger partial charge in [0.05, 0.1) is 16.8 Å². The molecule has 3 N–H and O–H groups in total. The Kier molecular flexibility index (Phi) is 9.98. The second-order valence-electron chi connectivity index (χ2n) is 8.08. The third-order valence-corrected chi connectivity index (χ3v) is 7.00. The van der Waals surface area contributed by atoms with Crippen LogP contribution < -0.4 is 5.32 Å². The van der Waals surface area contributed by atoms with Gasteiger partial charge in [-0.15, -0.1) is 11.8 Å². The van der Waals surface area contributed by atoms with Crippen LogP contribution in [-0.2, 0) is 16.5 Å². The molecule has 1 aromatic heterocycles. The van der Waals surface area contributed by atoms with Crippen LogP contribution in [0.3, 0.4) is 0 Å². The van der Waals surface area contributed by atoms with Crippen LogP contribution in [-0.4, -0.2) is 33.2 Å². The molecule has 0 spiro atoms. The summed E-state index contributed by atoms with van der Waals surface area (Å²) in [5, 5.41) is 3.03. The van der Waals surface area contributed by atoms with Crippen molar-refractivity contribution >= 4 is 19.4 Å². The quantitative estimate of drug-likeness (QED) is 0.221. The average molecular weight is 455 g/mol. The number of aromatic nitrogens is 1. The molecule has 0 unspecified atom stereocenters. The highest BCUT2D eigenvalue weighted by molar-refractivity contribution is 7.99. The molecule has 2 aromatic rings. The molecule has 5 nitrogen and oxygen atoms in total. The van der Waals surface area contributed by atoms with E-state index in [4.69, 9.17) is 9.79 Å². The molecule has 166 valence electrons. The van der Waals surface area contributed by atoms with Crippen molar-refractivity contribution in [1.82, 2.24) is 10.3 Å². The third-order valence-electron chi connectivity index (χ3n) is 4.99. The topological polar surface area (TPSA) is 82.5 Å². The molecule has 30 heavy (non-hydrogen) atoms. The molecule has 0 saturated heterocycles. The number of nitrogens with zero attached hydrogens (tertiary/aromatic N) is 1. The second kappa shape index (κ2) is 12.0. The molecule has 0 amide bonds. The summed E-state index contributed by atoms with van der Waals surface area (Å²) < 4.78 is 25.1. The minimum Gasteiger partial charge on any atom is -0.324 e. The van der Waals surface area contributed by atoms with Crippen LogP contribution in [0.1, 0.15) is 50.8 Å². The smallest absolute Gasteiger partial charge is 0.324 e. The van der Waals surface area contributed by atoms with E-state index in [0.717, 1.165) is 25.0 Å². The SMILES string of the molecule is CC(C)(CCCCSc1cnc(CNCCCP(=O)(O)O)cc1F)c1ccccc1. The first-order chi connectivity index (χ1) is 14.2. The summed E-state index contributed by atoms with van der Waals surface area (Å²) in [5.74, 6) is 0.579. The standard InChI is InChI=1S/C22H32FN2O3PS/c1-22(2,18-9-4-3-5-10-18)11-6-7-14-30-21-17-25-19(15-20(21)23)16-24-12-8-13-29(26,27)28/h3-5,9-10,15,17,24H,6-8,11-14,16H2,1-2H3,(H2,26,27,28). The van der Waals surface area contributed by atoms with Crippen molar-refractivity contribution in [3.63, 3.8) is 0 Å². The van der Waals surface area contributed by atoms with Crippen molar-refractivity contribution in [2.45, 2.75) is 56.4 Å². The van der Waals surface area contributed by atoms with E-state index in [-0.39, 0.29) is 17.4 Å². The van der Waals surface area contributed by atoms with Crippen molar-refractivity contribution < 1.29 is 18.7 Å². The van der Waals surface area contributed by atoms with Crippen LogP contribution in [0.4, 0.5) is 4.39 Å². The molecule has 0 bridgehead atoms. The number of rotatable bonds is 13. The summed E-state index contributed by atoms with van der Waals surface area (Å²) in [6.45, 7) is 5.35. The number of benzene rings is 1. The van der Waals surface area contributed by atoms with Crippen LogP contribution in [0.25, 0.3) is 0 Å². The second-order valence-corrected chi connectivity index (χ2v) is 11.0. The predicted molar refractivity (Wildman–Crippen MR) is 121 cm³/mol. The van der Waals surface area contributed by atoms with Gasteiger partial charge in [-0.25, -0.2) is 4.39 Å². The summed E-state index contributed by atoms with van der Waals surface area (Å²) in [5.41, 5.74) is 2.06. The molecular weight excluding hydrogens is 422 g/mol. The van der Waals surface area contributed by atoms with Crippen LogP contribution in [0, 0.1) is 5.82 Å². The van der Waals surface area contributed by atoms with E-state index in [1.54, 1.807) is 6.20 Å². The molecule has 1 heterocycles. The van der Waals surface area contributed by atoms with Crippen molar-refractivity contribution in [2.24, 2.45) is 0 Å². The first kappa shape index (κ1) is 25.0. The van der Waals surface area contributed by atoms with Crippen molar-refractivity contribution in [2.75, 3.05) is 18.5 Å². The molecule has 0 aliphatic rings. The number of hydrogen-bond acceptors (Lipinski definition) is 4. The summed E-state index contributed by atoms with van der Waals surface area (Å²) in [4.78, 5) is 22.5. The Labute approximate surface area is 183 Å². The zero-order chi connectivity index (χ0) is 22.0. The molecule has 0 atom stereocenters. The maximum atomic E-state index is 14.3. The minimum atomic E-state index is -3.95. The Morgan fingerprint density at radius 2 is 1.90 bits per heavy atom. The monoisotopic (exact) mass is 454 g/mol. The van der Waals surface area contributed by atoms with Crippen LogP contribution in [0.5, 0.6) is 0 Å². The van der Waals surface area contributed by atoms with Crippen molar-refractivity contribution in [1.29, 1.82) is 0 Å². The molecule has 0 aliphatic heterocycles. The van der Waals surface area contributed by atoms with E-state index in [2.05, 4.69) is 48.4 Å². The maximum Gasteiger partial charge on any atom is 0.325 e. The normalized spacial score (nSPS) is 12.3. The highest BCUT2D eigenvalue weighted by Gasteiger charge is 2.19. The molecule has 0 saturated carbocycles. The average Bonchev–Trinajstić information content (AvgIpc) is 2.68. The number of pyridine rings is 1. The summed E-state index contributed by atoms with van der Waals surface area (Å²) in [7, 11) is -3.95. The number of unbranched alkanes of at least 4 members (excludes halogenated alkanes) is 1. The molecular formula is C22H32FN2O3PS. The number of thioether (sulfide) groups is 1. The fraction of sp³-hybridized carbons (Fsp3) is 0.500.